The lowest BCUT2D eigenvalue weighted by Gasteiger charge is -2.24. The van der Waals surface area contributed by atoms with Crippen LogP contribution in [0.1, 0.15) is 37.7 Å². The van der Waals surface area contributed by atoms with Crippen LogP contribution >= 0.6 is 0 Å². The third-order valence-corrected chi connectivity index (χ3v) is 4.91. The maximum atomic E-state index is 12.9. The molecule has 9 N–H and O–H groups in total. The molecule has 12 nitrogen and oxygen atoms in total. The summed E-state index contributed by atoms with van der Waals surface area (Å²) in [6.07, 6.45) is 0.815. The van der Waals surface area contributed by atoms with Crippen molar-refractivity contribution in [1.82, 2.24) is 16.0 Å². The number of nitrogens with one attached hydrogen (secondary N) is 3. The number of benzene rings is 1. The van der Waals surface area contributed by atoms with E-state index in [0.29, 0.717) is 19.4 Å². The second kappa shape index (κ2) is 15.3. The summed E-state index contributed by atoms with van der Waals surface area (Å²) >= 11 is 0. The molecule has 0 aromatic heterocycles. The van der Waals surface area contributed by atoms with Gasteiger partial charge < -0.3 is 37.6 Å². The number of amides is 3. The molecule has 3 amide bonds. The van der Waals surface area contributed by atoms with Gasteiger partial charge in [0.05, 0.1) is 6.04 Å². The molecular weight excluding hydrogens is 446 g/mol. The molecule has 0 heterocycles. The minimum atomic E-state index is -1.25. The Morgan fingerprint density at radius 1 is 0.824 bits per heavy atom. The maximum absolute atomic E-state index is 12.9. The number of carboxylic acids is 2. The Labute approximate surface area is 197 Å². The van der Waals surface area contributed by atoms with Gasteiger partial charge in [-0.05, 0) is 44.2 Å². The number of nitrogens with two attached hydrogens (primary N) is 2. The van der Waals surface area contributed by atoms with Crippen LogP contribution in [0.15, 0.2) is 30.3 Å². The molecular formula is C22H33N5O7. The van der Waals surface area contributed by atoms with Gasteiger partial charge >= 0.3 is 11.9 Å². The van der Waals surface area contributed by atoms with E-state index in [9.17, 15) is 24.0 Å². The third kappa shape index (κ3) is 11.4. The monoisotopic (exact) mass is 479 g/mol. The molecule has 3 atom stereocenters. The highest BCUT2D eigenvalue weighted by molar-refractivity contribution is 5.93. The fourth-order valence-corrected chi connectivity index (χ4v) is 3.10. The number of carbonyl (C=O) groups is 5. The van der Waals surface area contributed by atoms with E-state index >= 15 is 0 Å². The Kier molecular flexibility index (Phi) is 12.9. The number of aliphatic carboxylic acids is 2. The summed E-state index contributed by atoms with van der Waals surface area (Å²) in [5.41, 5.74) is 12.2. The normalized spacial score (nSPS) is 13.2. The van der Waals surface area contributed by atoms with Crippen LogP contribution in [0.2, 0.25) is 0 Å². The predicted molar refractivity (Wildman–Crippen MR) is 122 cm³/mol. The fourth-order valence-electron chi connectivity index (χ4n) is 3.10. The van der Waals surface area contributed by atoms with E-state index in [4.69, 9.17) is 21.7 Å². The average Bonchev–Trinajstić information content (AvgIpc) is 2.79. The van der Waals surface area contributed by atoms with Gasteiger partial charge in [0.25, 0.3) is 0 Å². The molecule has 0 bridgehead atoms. The van der Waals surface area contributed by atoms with Crippen molar-refractivity contribution in [2.45, 2.75) is 56.7 Å². The maximum Gasteiger partial charge on any atom is 0.322 e. The zero-order chi connectivity index (χ0) is 25.5. The van der Waals surface area contributed by atoms with Crippen LogP contribution < -0.4 is 27.4 Å². The molecule has 188 valence electrons. The molecule has 0 spiro atoms. The van der Waals surface area contributed by atoms with E-state index in [-0.39, 0.29) is 19.3 Å². The highest BCUT2D eigenvalue weighted by Gasteiger charge is 2.28. The van der Waals surface area contributed by atoms with Crippen molar-refractivity contribution < 1.29 is 34.2 Å². The first kappa shape index (κ1) is 28.5. The molecule has 1 aromatic carbocycles. The first-order chi connectivity index (χ1) is 16.1. The van der Waals surface area contributed by atoms with E-state index in [1.54, 1.807) is 24.3 Å². The first-order valence-electron chi connectivity index (χ1n) is 11.0. The van der Waals surface area contributed by atoms with Gasteiger partial charge in [-0.25, -0.2) is 0 Å². The third-order valence-electron chi connectivity index (χ3n) is 4.91. The van der Waals surface area contributed by atoms with E-state index in [2.05, 4.69) is 16.0 Å². The zero-order valence-corrected chi connectivity index (χ0v) is 18.9. The van der Waals surface area contributed by atoms with Crippen molar-refractivity contribution >= 4 is 29.7 Å². The van der Waals surface area contributed by atoms with Crippen LogP contribution in [0.3, 0.4) is 0 Å². The number of hydrogen-bond acceptors (Lipinski definition) is 7. The topological polar surface area (TPSA) is 214 Å². The summed E-state index contributed by atoms with van der Waals surface area (Å²) < 4.78 is 0. The Bertz CT molecular complexity index is 834. The standard InChI is InChI=1S/C22H33N5O7/c23-11-5-4-8-16(21(33)25-13-19(30)31)27-22(34)17(9-10-18(28)29)26-20(32)15(24)12-14-6-2-1-3-7-14/h1-3,6-7,15-17H,4-5,8-13,23-24H2,(H,25,33)(H,26,32)(H,27,34)(H,28,29)(H,30,31). The number of unbranched alkanes of at least 4 members (excludes halogenated alkanes) is 1. The molecule has 34 heavy (non-hydrogen) atoms. The Hall–Kier alpha value is -3.51. The van der Waals surface area contributed by atoms with Gasteiger partial charge in [-0.1, -0.05) is 30.3 Å². The van der Waals surface area contributed by atoms with Crippen molar-refractivity contribution in [3.8, 4) is 0 Å². The van der Waals surface area contributed by atoms with E-state index in [1.807, 2.05) is 6.07 Å². The molecule has 0 aliphatic heterocycles. The molecule has 0 radical (unpaired) electrons. The Balaban J connectivity index is 2.88. The smallest absolute Gasteiger partial charge is 0.322 e. The molecule has 0 fully saturated rings. The zero-order valence-electron chi connectivity index (χ0n) is 18.9. The number of carboxylic acid groups (broad SMARTS) is 2. The van der Waals surface area contributed by atoms with Crippen molar-refractivity contribution in [3.05, 3.63) is 35.9 Å². The summed E-state index contributed by atoms with van der Waals surface area (Å²) in [5, 5.41) is 24.9. The summed E-state index contributed by atoms with van der Waals surface area (Å²) in [5.74, 6) is -4.55. The molecule has 1 rings (SSSR count). The summed E-state index contributed by atoms with van der Waals surface area (Å²) in [4.78, 5) is 59.6. The lowest BCUT2D eigenvalue weighted by Crippen LogP contribution is -2.56. The lowest BCUT2D eigenvalue weighted by molar-refractivity contribution is -0.138. The average molecular weight is 480 g/mol. The number of rotatable bonds is 16. The van der Waals surface area contributed by atoms with Crippen LogP contribution in [-0.4, -0.2) is 71.1 Å². The quantitative estimate of drug-likeness (QED) is 0.140. The molecule has 0 saturated heterocycles. The molecule has 0 aliphatic rings. The van der Waals surface area contributed by atoms with Crippen LogP contribution in [0.5, 0.6) is 0 Å². The Morgan fingerprint density at radius 3 is 2.03 bits per heavy atom. The second-order valence-corrected chi connectivity index (χ2v) is 7.75. The van der Waals surface area contributed by atoms with Gasteiger partial charge in [-0.3, -0.25) is 24.0 Å². The molecule has 0 saturated carbocycles. The van der Waals surface area contributed by atoms with Crippen molar-refractivity contribution in [1.29, 1.82) is 0 Å². The van der Waals surface area contributed by atoms with Gasteiger partial charge in [0.2, 0.25) is 17.7 Å². The highest BCUT2D eigenvalue weighted by atomic mass is 16.4. The van der Waals surface area contributed by atoms with Gasteiger partial charge in [0, 0.05) is 6.42 Å². The SMILES string of the molecule is NCCCCC(NC(=O)C(CCC(=O)O)NC(=O)C(N)Cc1ccccc1)C(=O)NCC(=O)O. The summed E-state index contributed by atoms with van der Waals surface area (Å²) in [6.45, 7) is -0.260. The van der Waals surface area contributed by atoms with Crippen LogP contribution in [0.4, 0.5) is 0 Å². The van der Waals surface area contributed by atoms with E-state index in [1.165, 1.54) is 0 Å². The molecule has 1 aromatic rings. The molecule has 3 unspecified atom stereocenters. The Morgan fingerprint density at radius 2 is 1.44 bits per heavy atom. The summed E-state index contributed by atoms with van der Waals surface area (Å²) in [7, 11) is 0. The van der Waals surface area contributed by atoms with Gasteiger partial charge in [0.15, 0.2) is 0 Å². The first-order valence-corrected chi connectivity index (χ1v) is 11.0. The van der Waals surface area contributed by atoms with Crippen molar-refractivity contribution in [2.75, 3.05) is 13.1 Å². The van der Waals surface area contributed by atoms with Crippen molar-refractivity contribution in [2.24, 2.45) is 11.5 Å². The lowest BCUT2D eigenvalue weighted by atomic mass is 10.0. The minimum Gasteiger partial charge on any atom is -0.481 e. The van der Waals surface area contributed by atoms with Crippen LogP contribution in [0, 0.1) is 0 Å². The van der Waals surface area contributed by atoms with Crippen molar-refractivity contribution in [3.63, 3.8) is 0 Å². The van der Waals surface area contributed by atoms with E-state index in [0.717, 1.165) is 5.56 Å². The largest absolute Gasteiger partial charge is 0.481 e. The number of carbonyl (C=O) groups excluding carboxylic acids is 3. The molecule has 0 aliphatic carbocycles. The second-order valence-electron chi connectivity index (χ2n) is 7.75. The van der Waals surface area contributed by atoms with Gasteiger partial charge in [0.1, 0.15) is 18.6 Å². The predicted octanol–water partition coefficient (Wildman–Crippen LogP) is -1.28. The number of hydrogen-bond donors (Lipinski definition) is 7. The highest BCUT2D eigenvalue weighted by Crippen LogP contribution is 2.06. The van der Waals surface area contributed by atoms with E-state index < -0.39 is 60.8 Å². The van der Waals surface area contributed by atoms with Crippen LogP contribution in [-0.2, 0) is 30.4 Å². The van der Waals surface area contributed by atoms with Gasteiger partial charge in [-0.2, -0.15) is 0 Å². The fraction of sp³-hybridized carbons (Fsp3) is 0.500. The van der Waals surface area contributed by atoms with Gasteiger partial charge in [-0.15, -0.1) is 0 Å². The summed E-state index contributed by atoms with van der Waals surface area (Å²) in [6, 6.07) is 5.68. The minimum absolute atomic E-state index is 0.182. The molecule has 12 heteroatoms. The van der Waals surface area contributed by atoms with Crippen LogP contribution in [0.25, 0.3) is 0 Å².